The van der Waals surface area contributed by atoms with Crippen LogP contribution < -0.4 is 10.8 Å². The van der Waals surface area contributed by atoms with E-state index in [1.807, 2.05) is 36.4 Å². The second-order valence-corrected chi connectivity index (χ2v) is 12.6. The lowest BCUT2D eigenvalue weighted by molar-refractivity contribution is -0.200. The van der Waals surface area contributed by atoms with Gasteiger partial charge in [-0.2, -0.15) is 0 Å². The van der Waals surface area contributed by atoms with E-state index < -0.39 is 26.8 Å². The number of carbonyl (C=O) groups excluding carboxylic acids is 2. The molecule has 0 aliphatic carbocycles. The van der Waals surface area contributed by atoms with Crippen molar-refractivity contribution in [2.24, 2.45) is 0 Å². The molecule has 8 nitrogen and oxygen atoms in total. The highest BCUT2D eigenvalue weighted by Crippen LogP contribution is 2.47. The van der Waals surface area contributed by atoms with Crippen molar-refractivity contribution in [1.29, 1.82) is 0 Å². The molecule has 1 aromatic heterocycles. The number of nitrogens with one attached hydrogen (secondary N) is 2. The summed E-state index contributed by atoms with van der Waals surface area (Å²) in [4.78, 5) is 31.5. The molecule has 0 spiro atoms. The molecular weight excluding hydrogens is 488 g/mol. The van der Waals surface area contributed by atoms with E-state index in [4.69, 9.17) is 9.57 Å². The molecule has 2 aliphatic heterocycles. The number of hydroxylamine groups is 1. The topological polar surface area (TPSA) is 111 Å². The molecule has 2 aromatic rings. The van der Waals surface area contributed by atoms with E-state index in [-0.39, 0.29) is 18.1 Å². The van der Waals surface area contributed by atoms with E-state index in [1.165, 1.54) is 11.3 Å². The van der Waals surface area contributed by atoms with Gasteiger partial charge in [-0.05, 0) is 48.9 Å². The zero-order valence-electron chi connectivity index (χ0n) is 19.9. The van der Waals surface area contributed by atoms with E-state index in [9.17, 15) is 18.0 Å². The van der Waals surface area contributed by atoms with Crippen molar-refractivity contribution in [3.05, 3.63) is 46.8 Å². The Hall–Kier alpha value is -2.27. The third-order valence-corrected chi connectivity index (χ3v) is 10.7. The molecule has 1 unspecified atom stereocenters. The molecular formula is C25H32N2O6S2. The first-order chi connectivity index (χ1) is 16.8. The third-order valence-electron chi connectivity index (χ3n) is 6.66. The van der Waals surface area contributed by atoms with Gasteiger partial charge in [0.25, 0.3) is 0 Å². The van der Waals surface area contributed by atoms with Crippen LogP contribution in [0.25, 0.3) is 10.4 Å². The average molecular weight is 521 g/mol. The standard InChI is InChI=1S/C25H32N2O6S2/c1-26-22(28)16-18-7-9-19(10-8-18)20-11-12-21(34-20)25(13-3-5-15-35(25,30)31)17-23(29)27-33-24-6-2-4-14-32-24/h7-12,24H,2-6,13-17H2,1H3,(H,26,28)(H,27,29)/t24?,25-/m0/s1. The molecule has 3 heterocycles. The fourth-order valence-electron chi connectivity index (χ4n) is 4.64. The van der Waals surface area contributed by atoms with Crippen molar-refractivity contribution < 1.29 is 27.6 Å². The number of sulfone groups is 1. The lowest BCUT2D eigenvalue weighted by Crippen LogP contribution is -2.45. The van der Waals surface area contributed by atoms with E-state index in [0.717, 1.165) is 35.3 Å². The summed E-state index contributed by atoms with van der Waals surface area (Å²) in [7, 11) is -1.94. The number of likely N-dealkylation sites (N-methyl/N-ethyl adjacent to an activating group) is 1. The summed E-state index contributed by atoms with van der Waals surface area (Å²) in [5.41, 5.74) is 4.28. The van der Waals surface area contributed by atoms with Crippen LogP contribution in [-0.2, 0) is 40.2 Å². The van der Waals surface area contributed by atoms with E-state index in [0.29, 0.717) is 37.2 Å². The molecule has 2 atom stereocenters. The maximum atomic E-state index is 13.4. The summed E-state index contributed by atoms with van der Waals surface area (Å²) >= 11 is 1.40. The van der Waals surface area contributed by atoms with E-state index in [2.05, 4.69) is 10.8 Å². The van der Waals surface area contributed by atoms with Gasteiger partial charge in [-0.3, -0.25) is 9.59 Å². The number of benzene rings is 1. The number of carbonyl (C=O) groups is 2. The van der Waals surface area contributed by atoms with Gasteiger partial charge in [0.2, 0.25) is 11.8 Å². The van der Waals surface area contributed by atoms with Crippen LogP contribution in [0.2, 0.25) is 0 Å². The maximum absolute atomic E-state index is 13.4. The van der Waals surface area contributed by atoms with Crippen LogP contribution in [0.4, 0.5) is 0 Å². The summed E-state index contributed by atoms with van der Waals surface area (Å²) in [5.74, 6) is -0.454. The highest BCUT2D eigenvalue weighted by molar-refractivity contribution is 7.92. The van der Waals surface area contributed by atoms with Crippen molar-refractivity contribution in [1.82, 2.24) is 10.8 Å². The van der Waals surface area contributed by atoms with Crippen molar-refractivity contribution in [3.8, 4) is 10.4 Å². The highest BCUT2D eigenvalue weighted by Gasteiger charge is 2.49. The molecule has 2 fully saturated rings. The van der Waals surface area contributed by atoms with Crippen LogP contribution >= 0.6 is 11.3 Å². The van der Waals surface area contributed by atoms with Crippen molar-refractivity contribution in [2.45, 2.75) is 62.4 Å². The zero-order chi connectivity index (χ0) is 24.9. The number of hydrogen-bond acceptors (Lipinski definition) is 7. The Balaban J connectivity index is 1.54. The van der Waals surface area contributed by atoms with Crippen molar-refractivity contribution >= 4 is 33.0 Å². The molecule has 10 heteroatoms. The predicted molar refractivity (Wildman–Crippen MR) is 134 cm³/mol. The smallest absolute Gasteiger partial charge is 0.245 e. The van der Waals surface area contributed by atoms with Gasteiger partial charge in [-0.25, -0.2) is 18.7 Å². The minimum Gasteiger partial charge on any atom is -0.359 e. The lowest BCUT2D eigenvalue weighted by atomic mass is 9.94. The molecule has 0 saturated carbocycles. The molecule has 2 N–H and O–H groups in total. The lowest BCUT2D eigenvalue weighted by Gasteiger charge is -2.35. The molecule has 2 aliphatic rings. The van der Waals surface area contributed by atoms with Crippen LogP contribution in [0.1, 0.15) is 55.4 Å². The average Bonchev–Trinajstić information content (AvgIpc) is 3.36. The first-order valence-corrected chi connectivity index (χ1v) is 14.5. The van der Waals surface area contributed by atoms with E-state index >= 15 is 0 Å². The molecule has 1 aromatic carbocycles. The summed E-state index contributed by atoms with van der Waals surface area (Å²) in [5, 5.41) is 2.61. The Morgan fingerprint density at radius 2 is 1.89 bits per heavy atom. The van der Waals surface area contributed by atoms with Crippen LogP contribution in [0.15, 0.2) is 36.4 Å². The van der Waals surface area contributed by atoms with Crippen LogP contribution in [-0.4, -0.2) is 45.9 Å². The summed E-state index contributed by atoms with van der Waals surface area (Å²) < 4.78 is 31.0. The van der Waals surface area contributed by atoms with Crippen LogP contribution in [0.5, 0.6) is 0 Å². The van der Waals surface area contributed by atoms with Gasteiger partial charge in [-0.1, -0.05) is 30.7 Å². The minimum atomic E-state index is -3.55. The van der Waals surface area contributed by atoms with Crippen molar-refractivity contribution in [3.63, 3.8) is 0 Å². The number of ether oxygens (including phenoxy) is 1. The Kier molecular flexibility index (Phi) is 8.26. The second-order valence-electron chi connectivity index (χ2n) is 9.10. The summed E-state index contributed by atoms with van der Waals surface area (Å²) in [6, 6.07) is 11.4. The number of hydrogen-bond donors (Lipinski definition) is 2. The number of rotatable bonds is 8. The van der Waals surface area contributed by atoms with Crippen molar-refractivity contribution in [2.75, 3.05) is 19.4 Å². The maximum Gasteiger partial charge on any atom is 0.245 e. The Morgan fingerprint density at radius 3 is 2.57 bits per heavy atom. The summed E-state index contributed by atoms with van der Waals surface area (Å²) in [6.07, 6.45) is 3.98. The number of amides is 2. The Morgan fingerprint density at radius 1 is 1.09 bits per heavy atom. The van der Waals surface area contributed by atoms with E-state index in [1.54, 1.807) is 7.05 Å². The predicted octanol–water partition coefficient (Wildman–Crippen LogP) is 3.46. The Labute approximate surface area is 210 Å². The molecule has 2 saturated heterocycles. The second kappa shape index (κ2) is 11.2. The third kappa shape index (κ3) is 5.94. The Bertz CT molecular complexity index is 1140. The van der Waals surface area contributed by atoms with Gasteiger partial charge in [-0.15, -0.1) is 11.3 Å². The minimum absolute atomic E-state index is 0.0575. The van der Waals surface area contributed by atoms with Crippen LogP contribution in [0, 0.1) is 0 Å². The molecule has 4 rings (SSSR count). The first-order valence-electron chi connectivity index (χ1n) is 12.0. The molecule has 0 radical (unpaired) electrons. The first kappa shape index (κ1) is 25.8. The van der Waals surface area contributed by atoms with Crippen LogP contribution in [0.3, 0.4) is 0 Å². The van der Waals surface area contributed by atoms with Gasteiger partial charge in [0.1, 0.15) is 4.75 Å². The quantitative estimate of drug-likeness (QED) is 0.516. The van der Waals surface area contributed by atoms with Gasteiger partial charge in [0, 0.05) is 29.8 Å². The largest absolute Gasteiger partial charge is 0.359 e. The normalized spacial score (nSPS) is 24.0. The SMILES string of the molecule is CNC(=O)Cc1ccc(-c2ccc([C@@]3(CC(=O)NOC4CCCCO4)CCCCS3(=O)=O)s2)cc1. The van der Waals surface area contributed by atoms with Gasteiger partial charge >= 0.3 is 0 Å². The monoisotopic (exact) mass is 520 g/mol. The molecule has 35 heavy (non-hydrogen) atoms. The fraction of sp³-hybridized carbons (Fsp3) is 0.520. The molecule has 2 amide bonds. The molecule has 190 valence electrons. The van der Waals surface area contributed by atoms with Gasteiger partial charge in [0.05, 0.1) is 18.6 Å². The van der Waals surface area contributed by atoms with Gasteiger partial charge < -0.3 is 10.1 Å². The molecule has 0 bridgehead atoms. The number of thiophene rings is 1. The van der Waals surface area contributed by atoms with Gasteiger partial charge in [0.15, 0.2) is 16.1 Å². The highest BCUT2D eigenvalue weighted by atomic mass is 32.2. The fourth-order valence-corrected chi connectivity index (χ4v) is 8.43. The summed E-state index contributed by atoms with van der Waals surface area (Å²) in [6.45, 7) is 0.587. The zero-order valence-corrected chi connectivity index (χ0v) is 21.5.